The Hall–Kier alpha value is -4.39. The smallest absolute Gasteiger partial charge is 0.336 e. The van der Waals surface area contributed by atoms with Gasteiger partial charge in [-0.3, -0.25) is 0 Å². The van der Waals surface area contributed by atoms with Gasteiger partial charge in [0.05, 0.1) is 16.6 Å². The van der Waals surface area contributed by atoms with Gasteiger partial charge in [0.2, 0.25) is 0 Å². The highest BCUT2D eigenvalue weighted by Crippen LogP contribution is 2.27. The highest BCUT2D eigenvalue weighted by molar-refractivity contribution is 5.96. The zero-order chi connectivity index (χ0) is 27.2. The van der Waals surface area contributed by atoms with E-state index in [4.69, 9.17) is 4.98 Å². The van der Waals surface area contributed by atoms with Crippen molar-refractivity contribution in [2.45, 2.75) is 58.0 Å². The van der Waals surface area contributed by atoms with Crippen molar-refractivity contribution in [1.82, 2.24) is 14.9 Å². The van der Waals surface area contributed by atoms with E-state index in [1.807, 2.05) is 60.7 Å². The lowest BCUT2D eigenvalue weighted by Gasteiger charge is -2.22. The largest absolute Gasteiger partial charge is 0.478 e. The maximum Gasteiger partial charge on any atom is 0.336 e. The Morgan fingerprint density at radius 2 is 1.79 bits per heavy atom. The number of allylic oxidation sites excluding steroid dienone is 1. The molecular formula is C32H34N4O3. The number of carboxylic acids is 1. The third kappa shape index (κ3) is 6.20. The summed E-state index contributed by atoms with van der Waals surface area (Å²) in [5.41, 5.74) is 5.41. The maximum atomic E-state index is 12.7. The Morgan fingerprint density at radius 3 is 2.54 bits per heavy atom. The Bertz CT molecular complexity index is 1500. The lowest BCUT2D eigenvalue weighted by atomic mass is 9.96. The molecule has 1 aliphatic rings. The van der Waals surface area contributed by atoms with E-state index >= 15 is 0 Å². The van der Waals surface area contributed by atoms with Crippen LogP contribution in [0.25, 0.3) is 28.2 Å². The number of hydrogen-bond acceptors (Lipinski definition) is 3. The minimum atomic E-state index is -0.941. The molecule has 1 aliphatic carbocycles. The Kier molecular flexibility index (Phi) is 8.06. The molecule has 1 aromatic heterocycles. The number of carbonyl (C=O) groups is 2. The average molecular weight is 523 g/mol. The van der Waals surface area contributed by atoms with E-state index in [9.17, 15) is 14.7 Å². The van der Waals surface area contributed by atoms with Crippen LogP contribution in [0.15, 0.2) is 72.8 Å². The molecule has 7 nitrogen and oxygen atoms in total. The van der Waals surface area contributed by atoms with Crippen LogP contribution in [0, 0.1) is 0 Å². The van der Waals surface area contributed by atoms with Crippen LogP contribution in [0.4, 0.5) is 10.5 Å². The Labute approximate surface area is 228 Å². The number of nitrogens with zero attached hydrogens (tertiary/aromatic N) is 2. The van der Waals surface area contributed by atoms with Crippen LogP contribution in [0.5, 0.6) is 0 Å². The van der Waals surface area contributed by atoms with Gasteiger partial charge in [-0.05, 0) is 66.3 Å². The van der Waals surface area contributed by atoms with Crippen molar-refractivity contribution in [2.75, 3.05) is 5.32 Å². The molecular weight excluding hydrogens is 488 g/mol. The van der Waals surface area contributed by atoms with Gasteiger partial charge in [-0.1, -0.05) is 74.7 Å². The van der Waals surface area contributed by atoms with E-state index in [0.29, 0.717) is 12.1 Å². The number of imidazole rings is 1. The third-order valence-corrected chi connectivity index (χ3v) is 7.24. The van der Waals surface area contributed by atoms with Gasteiger partial charge in [0, 0.05) is 18.3 Å². The molecule has 7 heteroatoms. The first kappa shape index (κ1) is 26.2. The molecule has 1 heterocycles. The summed E-state index contributed by atoms with van der Waals surface area (Å²) < 4.78 is 2.14. The summed E-state index contributed by atoms with van der Waals surface area (Å²) in [7, 11) is 0. The van der Waals surface area contributed by atoms with Crippen molar-refractivity contribution in [3.05, 3.63) is 89.8 Å². The van der Waals surface area contributed by atoms with Gasteiger partial charge < -0.3 is 20.3 Å². The molecule has 0 saturated heterocycles. The van der Waals surface area contributed by atoms with Crippen molar-refractivity contribution in [2.24, 2.45) is 0 Å². The van der Waals surface area contributed by atoms with Crippen molar-refractivity contribution >= 4 is 34.8 Å². The fourth-order valence-electron chi connectivity index (χ4n) is 5.23. The van der Waals surface area contributed by atoms with Crippen LogP contribution in [-0.4, -0.2) is 32.7 Å². The number of aromatic nitrogens is 2. The van der Waals surface area contributed by atoms with E-state index in [1.54, 1.807) is 12.1 Å². The maximum absolute atomic E-state index is 12.7. The fourth-order valence-corrected chi connectivity index (χ4v) is 5.23. The average Bonchev–Trinajstić information content (AvgIpc) is 3.29. The van der Waals surface area contributed by atoms with Crippen LogP contribution in [0.3, 0.4) is 0 Å². The molecule has 0 bridgehead atoms. The molecule has 0 atom stereocenters. The minimum absolute atomic E-state index is 0.171. The molecule has 0 aliphatic heterocycles. The number of urea groups is 1. The lowest BCUT2D eigenvalue weighted by Crippen LogP contribution is -2.39. The van der Waals surface area contributed by atoms with Crippen LogP contribution in [-0.2, 0) is 6.54 Å². The summed E-state index contributed by atoms with van der Waals surface area (Å²) in [6.07, 6.45) is 10.7. The predicted molar refractivity (Wildman–Crippen MR) is 156 cm³/mol. The summed E-state index contributed by atoms with van der Waals surface area (Å²) in [6, 6.07) is 20.9. The zero-order valence-corrected chi connectivity index (χ0v) is 22.2. The summed E-state index contributed by atoms with van der Waals surface area (Å²) in [5.74, 6) is -0.0975. The zero-order valence-electron chi connectivity index (χ0n) is 22.2. The number of aromatic carboxylic acids is 1. The van der Waals surface area contributed by atoms with E-state index in [2.05, 4.69) is 28.2 Å². The SMILES string of the molecule is CC/C=C/c1nc2ccc(NC(=O)NC3CCCCC3)cc2n1Cc1ccc(-c2ccccc2C(=O)O)cc1. The van der Waals surface area contributed by atoms with Gasteiger partial charge in [0.15, 0.2) is 0 Å². The van der Waals surface area contributed by atoms with E-state index in [1.165, 1.54) is 6.42 Å². The minimum Gasteiger partial charge on any atom is -0.478 e. The number of benzene rings is 3. The van der Waals surface area contributed by atoms with Crippen molar-refractivity contribution < 1.29 is 14.7 Å². The van der Waals surface area contributed by atoms with Gasteiger partial charge in [0.1, 0.15) is 5.82 Å². The second-order valence-electron chi connectivity index (χ2n) is 10.1. The highest BCUT2D eigenvalue weighted by atomic mass is 16.4. The first-order valence-corrected chi connectivity index (χ1v) is 13.7. The number of carbonyl (C=O) groups excluding carboxylic acids is 1. The summed E-state index contributed by atoms with van der Waals surface area (Å²) in [6.45, 7) is 2.67. The number of hydrogen-bond donors (Lipinski definition) is 3. The van der Waals surface area contributed by atoms with Crippen LogP contribution >= 0.6 is 0 Å². The summed E-state index contributed by atoms with van der Waals surface area (Å²) in [4.78, 5) is 29.2. The standard InChI is InChI=1S/C32H34N4O3/c1-2-3-13-30-35-28-19-18-25(34-32(39)33-24-9-5-4-6-10-24)20-29(28)36(30)21-22-14-16-23(17-15-22)26-11-7-8-12-27(26)31(37)38/h3,7-8,11-20,24H,2,4-6,9-10,21H2,1H3,(H,37,38)(H2,33,34,39)/b13-3+. The van der Waals surface area contributed by atoms with Crippen LogP contribution in [0.2, 0.25) is 0 Å². The van der Waals surface area contributed by atoms with Gasteiger partial charge in [-0.15, -0.1) is 0 Å². The highest BCUT2D eigenvalue weighted by Gasteiger charge is 2.17. The van der Waals surface area contributed by atoms with Gasteiger partial charge in [0.25, 0.3) is 0 Å². The molecule has 3 N–H and O–H groups in total. The molecule has 5 rings (SSSR count). The second kappa shape index (κ2) is 12.0. The molecule has 0 spiro atoms. The molecule has 4 aromatic rings. The molecule has 2 amide bonds. The van der Waals surface area contributed by atoms with Gasteiger partial charge in [-0.25, -0.2) is 14.6 Å². The number of rotatable bonds is 8. The number of carboxylic acid groups (broad SMARTS) is 1. The normalized spacial score (nSPS) is 14.1. The Balaban J connectivity index is 1.41. The van der Waals surface area contributed by atoms with Crippen molar-refractivity contribution in [1.29, 1.82) is 0 Å². The fraction of sp³-hybridized carbons (Fsp3) is 0.281. The van der Waals surface area contributed by atoms with E-state index in [0.717, 1.165) is 65.8 Å². The Morgan fingerprint density at radius 1 is 1.03 bits per heavy atom. The van der Waals surface area contributed by atoms with E-state index in [-0.39, 0.29) is 17.6 Å². The van der Waals surface area contributed by atoms with Crippen LogP contribution in [0.1, 0.15) is 67.2 Å². The summed E-state index contributed by atoms with van der Waals surface area (Å²) >= 11 is 0. The van der Waals surface area contributed by atoms with E-state index < -0.39 is 5.97 Å². The molecule has 0 unspecified atom stereocenters. The molecule has 200 valence electrons. The van der Waals surface area contributed by atoms with Gasteiger partial charge >= 0.3 is 12.0 Å². The molecule has 1 fully saturated rings. The third-order valence-electron chi connectivity index (χ3n) is 7.24. The molecule has 3 aromatic carbocycles. The number of fused-ring (bicyclic) bond motifs is 1. The first-order chi connectivity index (χ1) is 19.0. The number of nitrogens with one attached hydrogen (secondary N) is 2. The molecule has 39 heavy (non-hydrogen) atoms. The summed E-state index contributed by atoms with van der Waals surface area (Å²) in [5, 5.41) is 15.7. The number of anilines is 1. The molecule has 1 saturated carbocycles. The number of amides is 2. The predicted octanol–water partition coefficient (Wildman–Crippen LogP) is 7.33. The first-order valence-electron chi connectivity index (χ1n) is 13.7. The van der Waals surface area contributed by atoms with Crippen molar-refractivity contribution in [3.63, 3.8) is 0 Å². The van der Waals surface area contributed by atoms with Crippen LogP contribution < -0.4 is 10.6 Å². The topological polar surface area (TPSA) is 96.3 Å². The molecule has 0 radical (unpaired) electrons. The lowest BCUT2D eigenvalue weighted by molar-refractivity contribution is 0.0697. The van der Waals surface area contributed by atoms with Gasteiger partial charge in [-0.2, -0.15) is 0 Å². The quantitative estimate of drug-likeness (QED) is 0.226. The van der Waals surface area contributed by atoms with Crippen molar-refractivity contribution in [3.8, 4) is 11.1 Å². The second-order valence-corrected chi connectivity index (χ2v) is 10.1. The monoisotopic (exact) mass is 522 g/mol.